The van der Waals surface area contributed by atoms with Crippen molar-refractivity contribution in [3.05, 3.63) is 65.7 Å². The van der Waals surface area contributed by atoms with Crippen LogP contribution in [-0.4, -0.2) is 39.8 Å². The number of amides is 2. The zero-order valence-electron chi connectivity index (χ0n) is 16.4. The smallest absolute Gasteiger partial charge is 0.338 e. The van der Waals surface area contributed by atoms with E-state index in [4.69, 9.17) is 4.74 Å². The highest BCUT2D eigenvalue weighted by atomic mass is 79.9. The van der Waals surface area contributed by atoms with Gasteiger partial charge in [-0.1, -0.05) is 62.2 Å². The molecule has 8 heteroatoms. The van der Waals surface area contributed by atoms with Crippen LogP contribution >= 0.6 is 31.9 Å². The fraction of sp³-hybridized carbons (Fsp3) is 0.304. The molecule has 31 heavy (non-hydrogen) atoms. The number of Topliss-reactive ketones (excluding diaryl/α,β-unsaturated/α-hetero) is 1. The maximum atomic E-state index is 12.9. The Labute approximate surface area is 196 Å². The number of ketones is 1. The number of halogens is 2. The Hall–Kier alpha value is -2.32. The molecule has 1 saturated carbocycles. The maximum Gasteiger partial charge on any atom is 0.338 e. The molecule has 2 aliphatic rings. The third-order valence-corrected chi connectivity index (χ3v) is 8.44. The second kappa shape index (κ2) is 9.04. The summed E-state index contributed by atoms with van der Waals surface area (Å²) in [7, 11) is 0. The van der Waals surface area contributed by atoms with E-state index >= 15 is 0 Å². The zero-order chi connectivity index (χ0) is 22.1. The molecule has 4 rings (SSSR count). The lowest BCUT2D eigenvalue weighted by Gasteiger charge is -2.29. The second-order valence-corrected chi connectivity index (χ2v) is 9.99. The van der Waals surface area contributed by atoms with Crippen molar-refractivity contribution < 1.29 is 23.9 Å². The summed E-state index contributed by atoms with van der Waals surface area (Å²) >= 11 is 7.15. The summed E-state index contributed by atoms with van der Waals surface area (Å²) in [5.74, 6) is -2.02. The van der Waals surface area contributed by atoms with E-state index in [9.17, 15) is 19.2 Å². The number of carbonyl (C=O) groups excluding carboxylic acids is 4. The number of benzene rings is 2. The van der Waals surface area contributed by atoms with Gasteiger partial charge in [0, 0.05) is 15.2 Å². The first-order chi connectivity index (χ1) is 14.9. The van der Waals surface area contributed by atoms with Gasteiger partial charge in [-0.15, -0.1) is 0 Å². The Morgan fingerprint density at radius 3 is 1.94 bits per heavy atom. The third-order valence-electron chi connectivity index (χ3n) is 5.70. The summed E-state index contributed by atoms with van der Waals surface area (Å²) in [6.07, 6.45) is 1.20. The Kier molecular flexibility index (Phi) is 6.39. The molecular formula is C23H19Br2NO5. The molecule has 0 bridgehead atoms. The van der Waals surface area contributed by atoms with Gasteiger partial charge in [-0.05, 0) is 37.1 Å². The Morgan fingerprint density at radius 2 is 1.39 bits per heavy atom. The van der Waals surface area contributed by atoms with E-state index < -0.39 is 5.97 Å². The van der Waals surface area contributed by atoms with Gasteiger partial charge in [0.1, 0.15) is 0 Å². The fourth-order valence-corrected chi connectivity index (χ4v) is 5.26. The number of carbonyl (C=O) groups is 4. The molecule has 1 heterocycles. The molecule has 6 nitrogen and oxygen atoms in total. The lowest BCUT2D eigenvalue weighted by Crippen LogP contribution is -2.34. The quantitative estimate of drug-likeness (QED) is 0.243. The molecule has 4 atom stereocenters. The number of esters is 1. The van der Waals surface area contributed by atoms with E-state index in [1.54, 1.807) is 42.5 Å². The Bertz CT molecular complexity index is 996. The molecule has 2 fully saturated rings. The van der Waals surface area contributed by atoms with E-state index in [1.807, 2.05) is 0 Å². The van der Waals surface area contributed by atoms with E-state index in [0.29, 0.717) is 24.1 Å². The highest BCUT2D eigenvalue weighted by molar-refractivity contribution is 9.12. The number of hydrogen-bond donors (Lipinski definition) is 0. The average molecular weight is 549 g/mol. The number of rotatable bonds is 5. The van der Waals surface area contributed by atoms with Gasteiger partial charge in [0.2, 0.25) is 11.8 Å². The van der Waals surface area contributed by atoms with Crippen LogP contribution in [0.25, 0.3) is 0 Å². The van der Waals surface area contributed by atoms with Gasteiger partial charge in [0.15, 0.2) is 12.4 Å². The van der Waals surface area contributed by atoms with Crippen molar-refractivity contribution in [3.8, 4) is 0 Å². The number of fused-ring (bicyclic) bond motifs is 1. The third kappa shape index (κ3) is 4.36. The van der Waals surface area contributed by atoms with Crippen LogP contribution in [0.3, 0.4) is 0 Å². The topological polar surface area (TPSA) is 80.8 Å². The second-order valence-electron chi connectivity index (χ2n) is 7.64. The molecule has 2 aromatic carbocycles. The molecule has 0 N–H and O–H groups in total. The lowest BCUT2D eigenvalue weighted by atomic mass is 9.81. The highest BCUT2D eigenvalue weighted by Crippen LogP contribution is 2.44. The number of imide groups is 1. The summed E-state index contributed by atoms with van der Waals surface area (Å²) in [6, 6.07) is 14.7. The normalized spacial score (nSPS) is 25.3. The summed E-state index contributed by atoms with van der Waals surface area (Å²) in [5, 5.41) is 0. The fourth-order valence-electron chi connectivity index (χ4n) is 4.02. The van der Waals surface area contributed by atoms with E-state index in [-0.39, 0.29) is 51.3 Å². The van der Waals surface area contributed by atoms with E-state index in [2.05, 4.69) is 31.9 Å². The SMILES string of the molecule is O=C(COC(=O)c1ccc(N2C(=O)[C@H]3C[C@@H](Br)[C@H](Br)C[C@@H]3C2=O)cc1)c1ccccc1. The van der Waals surface area contributed by atoms with Crippen LogP contribution in [0.4, 0.5) is 5.69 Å². The van der Waals surface area contributed by atoms with Gasteiger partial charge in [-0.25, -0.2) is 4.79 Å². The highest BCUT2D eigenvalue weighted by Gasteiger charge is 2.52. The van der Waals surface area contributed by atoms with Crippen LogP contribution in [-0.2, 0) is 14.3 Å². The van der Waals surface area contributed by atoms with Gasteiger partial charge in [-0.2, -0.15) is 0 Å². The first-order valence-corrected chi connectivity index (χ1v) is 11.7. The summed E-state index contributed by atoms with van der Waals surface area (Å²) in [6.45, 7) is -0.363. The molecule has 1 saturated heterocycles. The molecule has 1 aliphatic carbocycles. The monoisotopic (exact) mass is 547 g/mol. The Balaban J connectivity index is 1.42. The summed E-state index contributed by atoms with van der Waals surface area (Å²) < 4.78 is 5.11. The largest absolute Gasteiger partial charge is 0.454 e. The van der Waals surface area contributed by atoms with Crippen molar-refractivity contribution in [1.29, 1.82) is 0 Å². The zero-order valence-corrected chi connectivity index (χ0v) is 19.5. The van der Waals surface area contributed by atoms with Crippen LogP contribution in [0.15, 0.2) is 54.6 Å². The Morgan fingerprint density at radius 1 is 0.839 bits per heavy atom. The number of alkyl halides is 2. The van der Waals surface area contributed by atoms with Gasteiger partial charge < -0.3 is 4.74 Å². The molecule has 2 aromatic rings. The molecule has 0 unspecified atom stereocenters. The molecule has 1 aliphatic heterocycles. The van der Waals surface area contributed by atoms with Crippen LogP contribution in [0, 0.1) is 11.8 Å². The van der Waals surface area contributed by atoms with Crippen molar-refractivity contribution in [3.63, 3.8) is 0 Å². The molecule has 0 aromatic heterocycles. The van der Waals surface area contributed by atoms with Crippen molar-refractivity contribution in [2.75, 3.05) is 11.5 Å². The number of hydrogen-bond acceptors (Lipinski definition) is 5. The predicted octanol–water partition coefficient (Wildman–Crippen LogP) is 4.15. The number of anilines is 1. The van der Waals surface area contributed by atoms with Crippen LogP contribution in [0.2, 0.25) is 0 Å². The molecular weight excluding hydrogens is 530 g/mol. The van der Waals surface area contributed by atoms with Crippen molar-refractivity contribution in [2.45, 2.75) is 22.5 Å². The molecule has 0 radical (unpaired) electrons. The minimum atomic E-state index is -0.646. The maximum absolute atomic E-state index is 12.9. The minimum absolute atomic E-state index is 0.140. The minimum Gasteiger partial charge on any atom is -0.454 e. The first-order valence-electron chi connectivity index (χ1n) is 9.88. The number of nitrogens with zero attached hydrogens (tertiary/aromatic N) is 1. The van der Waals surface area contributed by atoms with Gasteiger partial charge >= 0.3 is 5.97 Å². The summed E-state index contributed by atoms with van der Waals surface area (Å²) in [5.41, 5.74) is 1.13. The van der Waals surface area contributed by atoms with Gasteiger partial charge in [0.05, 0.1) is 23.1 Å². The first kappa shape index (κ1) is 21.9. The average Bonchev–Trinajstić information content (AvgIpc) is 3.02. The van der Waals surface area contributed by atoms with Crippen LogP contribution in [0.5, 0.6) is 0 Å². The van der Waals surface area contributed by atoms with Crippen molar-refractivity contribution >= 4 is 61.1 Å². The lowest BCUT2D eigenvalue weighted by molar-refractivity contribution is -0.122. The van der Waals surface area contributed by atoms with Crippen molar-refractivity contribution in [1.82, 2.24) is 0 Å². The van der Waals surface area contributed by atoms with Crippen molar-refractivity contribution in [2.24, 2.45) is 11.8 Å². The van der Waals surface area contributed by atoms with Gasteiger partial charge in [-0.3, -0.25) is 19.3 Å². The molecule has 0 spiro atoms. The number of ether oxygens (including phenoxy) is 1. The summed E-state index contributed by atoms with van der Waals surface area (Å²) in [4.78, 5) is 51.6. The molecule has 2 amide bonds. The van der Waals surface area contributed by atoms with Crippen LogP contribution < -0.4 is 4.90 Å². The molecule has 160 valence electrons. The van der Waals surface area contributed by atoms with Crippen LogP contribution in [0.1, 0.15) is 33.6 Å². The van der Waals surface area contributed by atoms with Gasteiger partial charge in [0.25, 0.3) is 0 Å². The van der Waals surface area contributed by atoms with E-state index in [1.165, 1.54) is 17.0 Å². The van der Waals surface area contributed by atoms with E-state index in [0.717, 1.165) is 0 Å². The predicted molar refractivity (Wildman–Crippen MR) is 122 cm³/mol. The standard InChI is InChI=1S/C23H19Br2NO5/c24-18-10-16-17(11-19(18)25)22(29)26(21(16)28)15-8-6-14(7-9-15)23(30)31-12-20(27)13-4-2-1-3-5-13/h1-9,16-19H,10-12H2/t16-,17-,18+,19+/m0/s1.